The number of hydrogen-bond acceptors (Lipinski definition) is 7. The predicted octanol–water partition coefficient (Wildman–Crippen LogP) is 5.16. The first-order valence-corrected chi connectivity index (χ1v) is 15.2. The van der Waals surface area contributed by atoms with Crippen LogP contribution in [0.25, 0.3) is 55.8 Å². The monoisotopic (exact) mass is 587 g/mol. The van der Waals surface area contributed by atoms with Crippen LogP contribution in [0.1, 0.15) is 11.1 Å². The average molecular weight is 588 g/mol. The minimum atomic E-state index is -3.22. The second-order valence-electron chi connectivity index (χ2n) is 10.6. The number of rotatable bonds is 8. The molecule has 0 unspecified atom stereocenters. The van der Waals surface area contributed by atoms with Crippen LogP contribution in [0.5, 0.6) is 0 Å². The fourth-order valence-corrected chi connectivity index (χ4v) is 5.63. The Morgan fingerprint density at radius 1 is 0.929 bits per heavy atom. The third-order valence-corrected chi connectivity index (χ3v) is 7.82. The zero-order valence-corrected chi connectivity index (χ0v) is 23.9. The smallest absolute Gasteiger partial charge is 0.157 e. The van der Waals surface area contributed by atoms with Gasteiger partial charge in [0.15, 0.2) is 11.6 Å². The molecule has 12 heteroatoms. The summed E-state index contributed by atoms with van der Waals surface area (Å²) in [6.45, 7) is 0.697. The Morgan fingerprint density at radius 2 is 1.74 bits per heavy atom. The van der Waals surface area contributed by atoms with Gasteiger partial charge in [0, 0.05) is 47.9 Å². The number of halogens is 2. The lowest BCUT2D eigenvalue weighted by Crippen LogP contribution is -2.10. The van der Waals surface area contributed by atoms with Gasteiger partial charge < -0.3 is 9.88 Å². The largest absolute Gasteiger partial charge is 0.337 e. The van der Waals surface area contributed by atoms with Crippen molar-refractivity contribution in [2.75, 3.05) is 26.1 Å². The summed E-state index contributed by atoms with van der Waals surface area (Å²) in [6, 6.07) is 11.4. The van der Waals surface area contributed by atoms with Crippen molar-refractivity contribution in [1.82, 2.24) is 35.0 Å². The van der Waals surface area contributed by atoms with Crippen LogP contribution >= 0.6 is 0 Å². The maximum absolute atomic E-state index is 15.2. The summed E-state index contributed by atoms with van der Waals surface area (Å²) < 4.78 is 53.1. The van der Waals surface area contributed by atoms with E-state index in [0.717, 1.165) is 17.4 Å². The molecular formula is C30H27F2N7O2S. The number of nitrogens with zero attached hydrogens (tertiary/aromatic N) is 5. The van der Waals surface area contributed by atoms with Crippen molar-refractivity contribution in [3.63, 3.8) is 0 Å². The van der Waals surface area contributed by atoms with Crippen molar-refractivity contribution in [3.8, 4) is 33.9 Å². The van der Waals surface area contributed by atoms with Crippen LogP contribution in [0.3, 0.4) is 0 Å². The van der Waals surface area contributed by atoms with Crippen molar-refractivity contribution >= 4 is 31.8 Å². The highest BCUT2D eigenvalue weighted by Gasteiger charge is 2.19. The molecule has 0 aliphatic carbocycles. The number of H-pyrrole nitrogens is 2. The number of aromatic nitrogens is 6. The highest BCUT2D eigenvalue weighted by molar-refractivity contribution is 7.90. The number of fused-ring (bicyclic) bond motifs is 2. The van der Waals surface area contributed by atoms with E-state index < -0.39 is 21.5 Å². The van der Waals surface area contributed by atoms with E-state index >= 15 is 4.39 Å². The summed E-state index contributed by atoms with van der Waals surface area (Å²) in [7, 11) is 0.723. The first-order chi connectivity index (χ1) is 20.0. The summed E-state index contributed by atoms with van der Waals surface area (Å²) in [5, 5.41) is 7.65. The van der Waals surface area contributed by atoms with Crippen LogP contribution in [0.15, 0.2) is 61.1 Å². The third kappa shape index (κ3) is 5.63. The molecule has 4 heterocycles. The maximum atomic E-state index is 15.2. The van der Waals surface area contributed by atoms with Crippen LogP contribution in [-0.4, -0.2) is 69.6 Å². The first-order valence-electron chi connectivity index (χ1n) is 13.1. The normalized spacial score (nSPS) is 12.1. The fourth-order valence-electron chi connectivity index (χ4n) is 5.02. The molecule has 0 radical (unpaired) electrons. The molecule has 6 rings (SSSR count). The summed E-state index contributed by atoms with van der Waals surface area (Å²) >= 11 is 0. The SMILES string of the molecule is CN(C)Cc1cncc(-c2cc(F)c3n[nH]c(-c4nc5c(-c6cc(F)cc(CCS(C)(=O)=O)c6)nccc5[nH]4)c3c2)c1. The number of aryl methyl sites for hydroxylation is 1. The zero-order valence-electron chi connectivity index (χ0n) is 23.1. The summed E-state index contributed by atoms with van der Waals surface area (Å²) in [6.07, 6.45) is 6.38. The molecule has 9 nitrogen and oxygen atoms in total. The van der Waals surface area contributed by atoms with Gasteiger partial charge in [0.2, 0.25) is 0 Å². The molecule has 6 aromatic rings. The number of hydrogen-bond donors (Lipinski definition) is 2. The van der Waals surface area contributed by atoms with Crippen LogP contribution < -0.4 is 0 Å². The van der Waals surface area contributed by atoms with E-state index in [0.29, 0.717) is 56.9 Å². The average Bonchev–Trinajstić information content (AvgIpc) is 3.55. The van der Waals surface area contributed by atoms with Crippen molar-refractivity contribution in [3.05, 3.63) is 83.8 Å². The second kappa shape index (κ2) is 10.7. The standard InChI is InChI=1S/C30H27F2N7O2S/c1-39(2)16-18-9-21(15-33-14-18)19-12-23-27(24(32)13-19)37-38-28(23)30-35-25-4-6-34-26(29(25)36-30)20-8-17(10-22(31)11-20)5-7-42(3,40)41/h4,6,8-15H,5,7,16H2,1-3H3,(H,35,36)(H,37,38). The van der Waals surface area contributed by atoms with Gasteiger partial charge in [-0.2, -0.15) is 5.10 Å². The quantitative estimate of drug-likeness (QED) is 0.252. The third-order valence-electron chi connectivity index (χ3n) is 6.87. The summed E-state index contributed by atoms with van der Waals surface area (Å²) in [4.78, 5) is 18.8. The molecule has 0 saturated carbocycles. The first kappa shape index (κ1) is 27.6. The second-order valence-corrected chi connectivity index (χ2v) is 12.9. The Bertz CT molecular complexity index is 2070. The molecular weight excluding hydrogens is 560 g/mol. The van der Waals surface area contributed by atoms with Gasteiger partial charge in [0.05, 0.1) is 17.0 Å². The minimum absolute atomic E-state index is 0.0957. The van der Waals surface area contributed by atoms with Crippen LogP contribution in [0.4, 0.5) is 8.78 Å². The molecule has 214 valence electrons. The molecule has 0 spiro atoms. The Labute approximate surface area is 240 Å². The van der Waals surface area contributed by atoms with Crippen molar-refractivity contribution in [1.29, 1.82) is 0 Å². The molecule has 2 aromatic carbocycles. The molecule has 4 aromatic heterocycles. The van der Waals surface area contributed by atoms with E-state index in [1.807, 2.05) is 31.1 Å². The van der Waals surface area contributed by atoms with Gasteiger partial charge in [-0.1, -0.05) is 0 Å². The van der Waals surface area contributed by atoms with Crippen LogP contribution in [-0.2, 0) is 22.8 Å². The van der Waals surface area contributed by atoms with E-state index in [1.165, 1.54) is 18.2 Å². The highest BCUT2D eigenvalue weighted by atomic mass is 32.2. The number of nitrogens with one attached hydrogen (secondary N) is 2. The Hall–Kier alpha value is -4.55. The Balaban J connectivity index is 1.43. The minimum Gasteiger partial charge on any atom is -0.337 e. The molecule has 42 heavy (non-hydrogen) atoms. The molecule has 0 amide bonds. The fraction of sp³-hybridized carbons (Fsp3) is 0.200. The van der Waals surface area contributed by atoms with Gasteiger partial charge >= 0.3 is 0 Å². The molecule has 0 aliphatic rings. The van der Waals surface area contributed by atoms with Gasteiger partial charge in [-0.25, -0.2) is 22.2 Å². The number of pyridine rings is 2. The zero-order chi connectivity index (χ0) is 29.6. The number of aromatic amines is 2. The van der Waals surface area contributed by atoms with Gasteiger partial charge in [-0.15, -0.1) is 0 Å². The van der Waals surface area contributed by atoms with E-state index in [9.17, 15) is 12.8 Å². The molecule has 0 saturated heterocycles. The Morgan fingerprint density at radius 3 is 2.52 bits per heavy atom. The van der Waals surface area contributed by atoms with Gasteiger partial charge in [0.25, 0.3) is 0 Å². The number of imidazole rings is 1. The Kier molecular flexibility index (Phi) is 7.03. The molecule has 0 atom stereocenters. The summed E-state index contributed by atoms with van der Waals surface area (Å²) in [5.74, 6) is -0.673. The molecule has 0 fully saturated rings. The molecule has 0 bridgehead atoms. The number of sulfone groups is 1. The van der Waals surface area contributed by atoms with Crippen molar-refractivity contribution in [2.45, 2.75) is 13.0 Å². The summed E-state index contributed by atoms with van der Waals surface area (Å²) in [5.41, 5.74) is 5.63. The van der Waals surface area contributed by atoms with E-state index in [2.05, 4.69) is 25.1 Å². The van der Waals surface area contributed by atoms with Crippen molar-refractivity contribution in [2.24, 2.45) is 0 Å². The van der Waals surface area contributed by atoms with Crippen LogP contribution in [0.2, 0.25) is 0 Å². The van der Waals surface area contributed by atoms with Crippen molar-refractivity contribution < 1.29 is 17.2 Å². The van der Waals surface area contributed by atoms with E-state index in [1.54, 1.807) is 30.7 Å². The predicted molar refractivity (Wildman–Crippen MR) is 158 cm³/mol. The number of benzene rings is 2. The lowest BCUT2D eigenvalue weighted by Gasteiger charge is -2.10. The van der Waals surface area contributed by atoms with Gasteiger partial charge in [-0.05, 0) is 79.7 Å². The van der Waals surface area contributed by atoms with Gasteiger partial charge in [-0.3, -0.25) is 15.1 Å². The topological polar surface area (TPSA) is 121 Å². The van der Waals surface area contributed by atoms with Gasteiger partial charge in [0.1, 0.15) is 32.4 Å². The molecule has 0 aliphatic heterocycles. The molecule has 2 N–H and O–H groups in total. The highest BCUT2D eigenvalue weighted by Crippen LogP contribution is 2.34. The maximum Gasteiger partial charge on any atom is 0.157 e. The lowest BCUT2D eigenvalue weighted by atomic mass is 10.0. The lowest BCUT2D eigenvalue weighted by molar-refractivity contribution is 0.402. The van der Waals surface area contributed by atoms with Crippen LogP contribution in [0, 0.1) is 11.6 Å². The van der Waals surface area contributed by atoms with E-state index in [4.69, 9.17) is 4.98 Å². The van der Waals surface area contributed by atoms with E-state index in [-0.39, 0.29) is 17.7 Å².